The number of rotatable bonds is 5. The van der Waals surface area contributed by atoms with Crippen molar-refractivity contribution in [3.8, 4) is 0 Å². The number of H-pyrrole nitrogens is 1. The summed E-state index contributed by atoms with van der Waals surface area (Å²) < 4.78 is 13.1. The molecule has 3 aromatic rings. The number of aromatic nitrogens is 1. The van der Waals surface area contributed by atoms with Crippen LogP contribution >= 0.6 is 0 Å². The van der Waals surface area contributed by atoms with Crippen molar-refractivity contribution in [2.45, 2.75) is 20.3 Å². The molecule has 0 saturated carbocycles. The molecule has 150 valence electrons. The van der Waals surface area contributed by atoms with Gasteiger partial charge in [0.05, 0.1) is 0 Å². The summed E-state index contributed by atoms with van der Waals surface area (Å²) in [6.07, 6.45) is 5.39. The molecule has 2 heterocycles. The molecule has 0 radical (unpaired) electrons. The number of carbonyl (C=O) groups is 1. The molecule has 2 N–H and O–H groups in total. The van der Waals surface area contributed by atoms with Gasteiger partial charge >= 0.3 is 0 Å². The Bertz CT molecular complexity index is 1050. The van der Waals surface area contributed by atoms with Crippen LogP contribution in [0.25, 0.3) is 16.5 Å². The number of aromatic amines is 1. The molecule has 0 aliphatic carbocycles. The number of amides is 1. The highest BCUT2D eigenvalue weighted by atomic mass is 19.1. The van der Waals surface area contributed by atoms with E-state index in [4.69, 9.17) is 0 Å². The van der Waals surface area contributed by atoms with E-state index in [0.29, 0.717) is 11.5 Å². The van der Waals surface area contributed by atoms with Crippen LogP contribution in [0.15, 0.2) is 54.7 Å². The zero-order chi connectivity index (χ0) is 20.4. The van der Waals surface area contributed by atoms with Crippen molar-refractivity contribution in [1.29, 1.82) is 0 Å². The van der Waals surface area contributed by atoms with E-state index in [-0.39, 0.29) is 11.7 Å². The Morgan fingerprint density at radius 2 is 2.00 bits per heavy atom. The molecular formula is C24H26FN3O. The molecule has 4 nitrogen and oxygen atoms in total. The number of hydrogen-bond acceptors (Lipinski definition) is 2. The second kappa shape index (κ2) is 8.21. The van der Waals surface area contributed by atoms with E-state index in [9.17, 15) is 9.18 Å². The van der Waals surface area contributed by atoms with Gasteiger partial charge in [0.1, 0.15) is 5.82 Å². The first-order valence-corrected chi connectivity index (χ1v) is 10.1. The number of nitrogens with one attached hydrogen (secondary N) is 2. The summed E-state index contributed by atoms with van der Waals surface area (Å²) in [6, 6.07) is 11.4. The van der Waals surface area contributed by atoms with Gasteiger partial charge in [0.2, 0.25) is 0 Å². The third-order valence-corrected chi connectivity index (χ3v) is 5.31. The molecule has 0 fully saturated rings. The number of benzene rings is 2. The number of hydrogen-bond donors (Lipinski definition) is 2. The first-order valence-electron chi connectivity index (χ1n) is 10.1. The highest BCUT2D eigenvalue weighted by Gasteiger charge is 2.17. The van der Waals surface area contributed by atoms with Gasteiger partial charge in [-0.2, -0.15) is 0 Å². The molecule has 1 aliphatic heterocycles. The van der Waals surface area contributed by atoms with Crippen LogP contribution in [-0.2, 0) is 0 Å². The standard InChI is InChI=1S/C24H26FN3O/c1-16(2)15-28-11-9-17(10-12-28)22-14-26-23-8-7-20(13-21(22)23)27-24(29)18-3-5-19(25)6-4-18/h3-9,13-14,16,26H,10-12,15H2,1-2H3,(H,27,29). The Morgan fingerprint density at radius 3 is 2.69 bits per heavy atom. The lowest BCUT2D eigenvalue weighted by molar-refractivity contribution is 0.102. The number of halogens is 1. The molecule has 2 aromatic carbocycles. The molecule has 1 aromatic heterocycles. The quantitative estimate of drug-likeness (QED) is 0.620. The zero-order valence-corrected chi connectivity index (χ0v) is 16.8. The molecule has 0 spiro atoms. The summed E-state index contributed by atoms with van der Waals surface area (Å²) in [5.41, 5.74) is 4.75. The Kier molecular flexibility index (Phi) is 5.49. The van der Waals surface area contributed by atoms with E-state index in [2.05, 4.69) is 41.3 Å². The maximum atomic E-state index is 13.1. The summed E-state index contributed by atoms with van der Waals surface area (Å²) in [5.74, 6) is 0.0700. The van der Waals surface area contributed by atoms with Crippen LogP contribution in [0.1, 0.15) is 36.2 Å². The summed E-state index contributed by atoms with van der Waals surface area (Å²) in [4.78, 5) is 18.3. The second-order valence-electron chi connectivity index (χ2n) is 8.06. The number of carbonyl (C=O) groups excluding carboxylic acids is 1. The molecule has 0 saturated heterocycles. The van der Waals surface area contributed by atoms with Gasteiger partial charge in [-0.05, 0) is 60.4 Å². The lowest BCUT2D eigenvalue weighted by Crippen LogP contribution is -2.31. The van der Waals surface area contributed by atoms with Crippen molar-refractivity contribution in [2.24, 2.45) is 5.92 Å². The molecule has 4 rings (SSSR count). The van der Waals surface area contributed by atoms with Crippen LogP contribution < -0.4 is 5.32 Å². The van der Waals surface area contributed by atoms with E-state index < -0.39 is 0 Å². The smallest absolute Gasteiger partial charge is 0.255 e. The average molecular weight is 391 g/mol. The van der Waals surface area contributed by atoms with Gasteiger partial charge in [-0.15, -0.1) is 0 Å². The van der Waals surface area contributed by atoms with Crippen molar-refractivity contribution in [3.63, 3.8) is 0 Å². The fourth-order valence-corrected chi connectivity index (χ4v) is 3.91. The normalized spacial score (nSPS) is 15.0. The SMILES string of the molecule is CC(C)CN1CC=C(c2c[nH]c3ccc(NC(=O)c4ccc(F)cc4)cc23)CC1. The predicted molar refractivity (Wildman–Crippen MR) is 117 cm³/mol. The van der Waals surface area contributed by atoms with Gasteiger partial charge in [-0.25, -0.2) is 4.39 Å². The van der Waals surface area contributed by atoms with Crippen LogP contribution in [0.3, 0.4) is 0 Å². The van der Waals surface area contributed by atoms with Crippen molar-refractivity contribution in [2.75, 3.05) is 25.0 Å². The van der Waals surface area contributed by atoms with Gasteiger partial charge in [0, 0.05) is 53.5 Å². The van der Waals surface area contributed by atoms with Crippen LogP contribution in [0.5, 0.6) is 0 Å². The maximum absolute atomic E-state index is 13.1. The molecule has 0 unspecified atom stereocenters. The fraction of sp³-hybridized carbons (Fsp3) is 0.292. The number of nitrogens with zero attached hydrogens (tertiary/aromatic N) is 1. The number of fused-ring (bicyclic) bond motifs is 1. The zero-order valence-electron chi connectivity index (χ0n) is 16.8. The summed E-state index contributed by atoms with van der Waals surface area (Å²) in [7, 11) is 0. The first-order chi connectivity index (χ1) is 14.0. The number of anilines is 1. The third kappa shape index (κ3) is 4.40. The largest absolute Gasteiger partial charge is 0.361 e. The van der Waals surface area contributed by atoms with Crippen molar-refractivity contribution >= 4 is 28.1 Å². The van der Waals surface area contributed by atoms with Crippen LogP contribution in [0.2, 0.25) is 0 Å². The lowest BCUT2D eigenvalue weighted by atomic mass is 9.98. The van der Waals surface area contributed by atoms with Crippen LogP contribution in [0, 0.1) is 11.7 Å². The minimum atomic E-state index is -0.354. The highest BCUT2D eigenvalue weighted by molar-refractivity contribution is 6.05. The Morgan fingerprint density at radius 1 is 1.21 bits per heavy atom. The van der Waals surface area contributed by atoms with Crippen molar-refractivity contribution < 1.29 is 9.18 Å². The predicted octanol–water partition coefficient (Wildman–Crippen LogP) is 5.30. The molecule has 1 aliphatic rings. The van der Waals surface area contributed by atoms with Gasteiger partial charge in [0.15, 0.2) is 0 Å². The molecule has 29 heavy (non-hydrogen) atoms. The van der Waals surface area contributed by atoms with E-state index in [0.717, 1.165) is 42.6 Å². The average Bonchev–Trinajstić information content (AvgIpc) is 3.12. The van der Waals surface area contributed by atoms with E-state index >= 15 is 0 Å². The molecule has 5 heteroatoms. The molecule has 0 atom stereocenters. The fourth-order valence-electron chi connectivity index (χ4n) is 3.91. The van der Waals surface area contributed by atoms with Gasteiger partial charge in [-0.1, -0.05) is 19.9 Å². The second-order valence-corrected chi connectivity index (χ2v) is 8.06. The van der Waals surface area contributed by atoms with Gasteiger partial charge in [-0.3, -0.25) is 9.69 Å². The van der Waals surface area contributed by atoms with Crippen LogP contribution in [0.4, 0.5) is 10.1 Å². The van der Waals surface area contributed by atoms with Crippen molar-refractivity contribution in [3.05, 3.63) is 71.7 Å². The van der Waals surface area contributed by atoms with E-state index in [1.165, 1.54) is 35.4 Å². The minimum Gasteiger partial charge on any atom is -0.361 e. The Balaban J connectivity index is 1.54. The monoisotopic (exact) mass is 391 g/mol. The molecule has 0 bridgehead atoms. The van der Waals surface area contributed by atoms with Crippen molar-refractivity contribution in [1.82, 2.24) is 9.88 Å². The topological polar surface area (TPSA) is 48.1 Å². The van der Waals surface area contributed by atoms with Gasteiger partial charge in [0.25, 0.3) is 5.91 Å². The Labute approximate surface area is 170 Å². The van der Waals surface area contributed by atoms with E-state index in [1.54, 1.807) is 0 Å². The Hall–Kier alpha value is -2.92. The lowest BCUT2D eigenvalue weighted by Gasteiger charge is -2.27. The molecular weight excluding hydrogens is 365 g/mol. The summed E-state index contributed by atoms with van der Waals surface area (Å²) >= 11 is 0. The molecule has 1 amide bonds. The minimum absolute atomic E-state index is 0.248. The maximum Gasteiger partial charge on any atom is 0.255 e. The summed E-state index contributed by atoms with van der Waals surface area (Å²) in [6.45, 7) is 7.66. The van der Waals surface area contributed by atoms with Crippen LogP contribution in [-0.4, -0.2) is 35.4 Å². The van der Waals surface area contributed by atoms with Gasteiger partial charge < -0.3 is 10.3 Å². The summed E-state index contributed by atoms with van der Waals surface area (Å²) in [5, 5.41) is 4.02. The first kappa shape index (κ1) is 19.4. The third-order valence-electron chi connectivity index (χ3n) is 5.31. The highest BCUT2D eigenvalue weighted by Crippen LogP contribution is 2.31. The van der Waals surface area contributed by atoms with E-state index in [1.807, 2.05) is 18.2 Å².